The Balaban J connectivity index is 1.55. The summed E-state index contributed by atoms with van der Waals surface area (Å²) in [4.78, 5) is 41.3. The van der Waals surface area contributed by atoms with Crippen molar-refractivity contribution in [3.8, 4) is 11.5 Å². The number of carbonyl (C=O) groups excluding carboxylic acids is 2. The molecule has 0 radical (unpaired) electrons. The quantitative estimate of drug-likeness (QED) is 0.161. The molecule has 0 fully saturated rings. The van der Waals surface area contributed by atoms with Crippen molar-refractivity contribution in [3.05, 3.63) is 111 Å². The predicted molar refractivity (Wildman–Crippen MR) is 128 cm³/mol. The SMILES string of the molecule is CNc1ccc(C(=O)c2ccccc2C(=O)OCc2nc(-c3ccccc3)oc2C)cc1[N+](=O)[O-]. The van der Waals surface area contributed by atoms with Gasteiger partial charge in [0.2, 0.25) is 5.89 Å². The molecule has 0 aliphatic carbocycles. The summed E-state index contributed by atoms with van der Waals surface area (Å²) >= 11 is 0. The van der Waals surface area contributed by atoms with Crippen LogP contribution >= 0.6 is 0 Å². The highest BCUT2D eigenvalue weighted by Gasteiger charge is 2.23. The first-order valence-corrected chi connectivity index (χ1v) is 10.7. The first-order chi connectivity index (χ1) is 16.9. The number of aromatic nitrogens is 1. The van der Waals surface area contributed by atoms with E-state index in [2.05, 4.69) is 10.3 Å². The maximum atomic E-state index is 13.2. The molecule has 4 aromatic rings. The van der Waals surface area contributed by atoms with E-state index in [-0.39, 0.29) is 34.7 Å². The minimum atomic E-state index is -0.723. The molecule has 1 aromatic heterocycles. The van der Waals surface area contributed by atoms with Crippen LogP contribution in [0.2, 0.25) is 0 Å². The molecule has 0 saturated heterocycles. The third kappa shape index (κ3) is 4.93. The van der Waals surface area contributed by atoms with Gasteiger partial charge in [-0.15, -0.1) is 0 Å². The van der Waals surface area contributed by atoms with E-state index in [4.69, 9.17) is 9.15 Å². The summed E-state index contributed by atoms with van der Waals surface area (Å²) in [6, 6.07) is 19.6. The molecule has 0 bridgehead atoms. The number of nitrogens with one attached hydrogen (secondary N) is 1. The number of benzene rings is 3. The zero-order chi connectivity index (χ0) is 24.9. The van der Waals surface area contributed by atoms with Crippen LogP contribution < -0.4 is 5.32 Å². The van der Waals surface area contributed by atoms with Crippen molar-refractivity contribution in [3.63, 3.8) is 0 Å². The van der Waals surface area contributed by atoms with Crippen LogP contribution in [0.15, 0.2) is 77.2 Å². The van der Waals surface area contributed by atoms with Gasteiger partial charge in [-0.2, -0.15) is 0 Å². The van der Waals surface area contributed by atoms with Crippen molar-refractivity contribution < 1.29 is 23.7 Å². The molecule has 0 amide bonds. The Bertz CT molecular complexity index is 1410. The highest BCUT2D eigenvalue weighted by molar-refractivity contribution is 6.14. The topological polar surface area (TPSA) is 125 Å². The van der Waals surface area contributed by atoms with Crippen LogP contribution in [0, 0.1) is 17.0 Å². The molecule has 35 heavy (non-hydrogen) atoms. The van der Waals surface area contributed by atoms with Gasteiger partial charge in [-0.1, -0.05) is 36.4 Å². The van der Waals surface area contributed by atoms with Crippen molar-refractivity contribution >= 4 is 23.1 Å². The van der Waals surface area contributed by atoms with Gasteiger partial charge in [0.15, 0.2) is 5.78 Å². The number of nitro groups is 1. The first kappa shape index (κ1) is 23.4. The number of hydrogen-bond acceptors (Lipinski definition) is 8. The second kappa shape index (κ2) is 10.0. The summed E-state index contributed by atoms with van der Waals surface area (Å²) in [7, 11) is 1.55. The third-order valence-corrected chi connectivity index (χ3v) is 5.37. The van der Waals surface area contributed by atoms with E-state index in [1.807, 2.05) is 30.3 Å². The van der Waals surface area contributed by atoms with E-state index in [9.17, 15) is 19.7 Å². The Morgan fingerprint density at radius 1 is 1.03 bits per heavy atom. The van der Waals surface area contributed by atoms with E-state index in [0.717, 1.165) is 5.56 Å². The normalized spacial score (nSPS) is 10.6. The second-order valence-corrected chi connectivity index (χ2v) is 7.58. The molecule has 4 rings (SSSR count). The van der Waals surface area contributed by atoms with Crippen LogP contribution in [0.3, 0.4) is 0 Å². The van der Waals surface area contributed by atoms with Crippen LogP contribution in [0.4, 0.5) is 11.4 Å². The molecule has 0 spiro atoms. The number of hydrogen-bond donors (Lipinski definition) is 1. The van der Waals surface area contributed by atoms with Gasteiger partial charge in [-0.05, 0) is 37.3 Å². The van der Waals surface area contributed by atoms with Gasteiger partial charge in [0.05, 0.1) is 10.5 Å². The van der Waals surface area contributed by atoms with Crippen molar-refractivity contribution in [1.82, 2.24) is 4.98 Å². The van der Waals surface area contributed by atoms with Gasteiger partial charge in [-0.3, -0.25) is 14.9 Å². The fraction of sp³-hybridized carbons (Fsp3) is 0.115. The fourth-order valence-corrected chi connectivity index (χ4v) is 3.53. The Hall–Kier alpha value is -4.79. The molecule has 0 aliphatic rings. The Labute approximate surface area is 200 Å². The lowest BCUT2D eigenvalue weighted by molar-refractivity contribution is -0.384. The monoisotopic (exact) mass is 471 g/mol. The summed E-state index contributed by atoms with van der Waals surface area (Å²) in [5, 5.41) is 14.1. The standard InChI is InChI=1S/C26H21N3O6/c1-16-22(28-25(35-16)17-8-4-3-5-9-17)15-34-26(31)20-11-7-6-10-19(20)24(30)18-12-13-21(27-2)23(14-18)29(32)33/h3-14,27H,15H2,1-2H3. The number of aryl methyl sites for hydroxylation is 1. The van der Waals surface area contributed by atoms with Crippen LogP contribution in [0.25, 0.3) is 11.5 Å². The molecule has 1 N–H and O–H groups in total. The number of nitrogens with zero attached hydrogens (tertiary/aromatic N) is 2. The molecule has 0 saturated carbocycles. The lowest BCUT2D eigenvalue weighted by atomic mass is 9.97. The van der Waals surface area contributed by atoms with E-state index < -0.39 is 16.7 Å². The Kier molecular flexibility index (Phi) is 6.68. The minimum Gasteiger partial charge on any atom is -0.455 e. The number of esters is 1. The first-order valence-electron chi connectivity index (χ1n) is 10.7. The lowest BCUT2D eigenvalue weighted by Crippen LogP contribution is -2.13. The van der Waals surface area contributed by atoms with Crippen LogP contribution in [0.1, 0.15) is 37.7 Å². The number of rotatable bonds is 8. The summed E-state index contributed by atoms with van der Waals surface area (Å²) < 4.78 is 11.1. The van der Waals surface area contributed by atoms with E-state index in [0.29, 0.717) is 17.3 Å². The maximum Gasteiger partial charge on any atom is 0.339 e. The van der Waals surface area contributed by atoms with E-state index in [1.54, 1.807) is 26.1 Å². The van der Waals surface area contributed by atoms with E-state index in [1.165, 1.54) is 30.3 Å². The van der Waals surface area contributed by atoms with Crippen LogP contribution in [-0.2, 0) is 11.3 Å². The van der Waals surface area contributed by atoms with Crippen LogP contribution in [-0.4, -0.2) is 28.7 Å². The molecule has 1 heterocycles. The van der Waals surface area contributed by atoms with Gasteiger partial charge in [0.1, 0.15) is 23.7 Å². The predicted octanol–water partition coefficient (Wildman–Crippen LogP) is 5.19. The highest BCUT2D eigenvalue weighted by atomic mass is 16.6. The smallest absolute Gasteiger partial charge is 0.339 e. The van der Waals surface area contributed by atoms with Crippen molar-refractivity contribution in [1.29, 1.82) is 0 Å². The number of ketones is 1. The molecule has 0 unspecified atom stereocenters. The number of anilines is 1. The van der Waals surface area contributed by atoms with Gasteiger partial charge >= 0.3 is 5.97 Å². The van der Waals surface area contributed by atoms with Gasteiger partial charge in [0, 0.05) is 29.8 Å². The highest BCUT2D eigenvalue weighted by Crippen LogP contribution is 2.27. The summed E-state index contributed by atoms with van der Waals surface area (Å²) in [6.07, 6.45) is 0. The number of carbonyl (C=O) groups is 2. The number of oxazole rings is 1. The Morgan fingerprint density at radius 2 is 1.71 bits per heavy atom. The van der Waals surface area contributed by atoms with Crippen molar-refractivity contribution in [2.24, 2.45) is 0 Å². The summed E-state index contributed by atoms with van der Waals surface area (Å²) in [5.41, 5.74) is 1.48. The van der Waals surface area contributed by atoms with Gasteiger partial charge in [0.25, 0.3) is 5.69 Å². The molecular weight excluding hydrogens is 450 g/mol. The van der Waals surface area contributed by atoms with Crippen molar-refractivity contribution in [2.45, 2.75) is 13.5 Å². The average Bonchev–Trinajstić information content (AvgIpc) is 3.27. The molecule has 0 atom stereocenters. The largest absolute Gasteiger partial charge is 0.455 e. The fourth-order valence-electron chi connectivity index (χ4n) is 3.53. The summed E-state index contributed by atoms with van der Waals surface area (Å²) in [6.45, 7) is 1.58. The molecular formula is C26H21N3O6. The zero-order valence-corrected chi connectivity index (χ0v) is 19.0. The number of ether oxygens (including phenoxy) is 1. The van der Waals surface area contributed by atoms with Crippen LogP contribution in [0.5, 0.6) is 0 Å². The minimum absolute atomic E-state index is 0.0438. The molecule has 9 nitrogen and oxygen atoms in total. The molecule has 3 aromatic carbocycles. The van der Waals surface area contributed by atoms with Crippen molar-refractivity contribution in [2.75, 3.05) is 12.4 Å². The average molecular weight is 471 g/mol. The molecule has 176 valence electrons. The number of nitro benzene ring substituents is 1. The van der Waals surface area contributed by atoms with E-state index >= 15 is 0 Å². The van der Waals surface area contributed by atoms with Gasteiger partial charge < -0.3 is 14.5 Å². The summed E-state index contributed by atoms with van der Waals surface area (Å²) in [5.74, 6) is -0.333. The third-order valence-electron chi connectivity index (χ3n) is 5.37. The molecule has 0 aliphatic heterocycles. The maximum absolute atomic E-state index is 13.2. The van der Waals surface area contributed by atoms with Gasteiger partial charge in [-0.25, -0.2) is 9.78 Å². The lowest BCUT2D eigenvalue weighted by Gasteiger charge is -2.09. The Morgan fingerprint density at radius 3 is 2.40 bits per heavy atom. The zero-order valence-electron chi connectivity index (χ0n) is 19.0. The molecule has 9 heteroatoms. The second-order valence-electron chi connectivity index (χ2n) is 7.58.